The van der Waals surface area contributed by atoms with Crippen LogP contribution in [0, 0.1) is 28.6 Å². The number of ether oxygens (including phenoxy) is 8. The minimum absolute atomic E-state index is 0.00190. The highest BCUT2D eigenvalue weighted by Gasteiger charge is 2.47. The lowest BCUT2D eigenvalue weighted by atomic mass is 9.88. The van der Waals surface area contributed by atoms with Gasteiger partial charge in [0.1, 0.15) is 22.7 Å². The largest absolute Gasteiger partial charge is 0.493 e. The summed E-state index contributed by atoms with van der Waals surface area (Å²) in [6, 6.07) is 32.0. The SMILES string of the molecule is COc1cc2c(cc1OC)C(Cc1cc(I)c(N=Nc3c(I)cc(CC4NCCc5cc(OC)c(OC)cc54)cc3I)c(I)c1)NCC2.COc1cc2c(cc1OC)C(Cc1cc(I)c(N=Nc3c(I)cc(CC4c5cc(OC)c(OC)cc5CCN4C(=O)C(F)(F)F)cc3I)c(I)c1)N(C(C)=O)CC2. The van der Waals surface area contributed by atoms with Gasteiger partial charge in [-0.05, 0) is 409 Å². The summed E-state index contributed by atoms with van der Waals surface area (Å²) in [7, 11) is 12.9. The monoisotopic (exact) mass is 2330 g/mol. The van der Waals surface area contributed by atoms with Gasteiger partial charge in [0, 0.05) is 60.7 Å². The fourth-order valence-corrected chi connectivity index (χ4v) is 22.5. The molecule has 4 aliphatic rings. The fourth-order valence-electron chi connectivity index (χ4n) is 14.0. The number of carbonyl (C=O) groups is 2. The third-order valence-electron chi connectivity index (χ3n) is 19.1. The summed E-state index contributed by atoms with van der Waals surface area (Å²) in [6.45, 7) is 3.96. The number of nitrogens with one attached hydrogen (secondary N) is 2. The van der Waals surface area contributed by atoms with Gasteiger partial charge in [-0.3, -0.25) is 9.59 Å². The lowest BCUT2D eigenvalue weighted by Gasteiger charge is -2.38. The van der Waals surface area contributed by atoms with Crippen LogP contribution < -0.4 is 48.5 Å². The molecule has 12 rings (SSSR count). The van der Waals surface area contributed by atoms with Crippen LogP contribution in [-0.2, 0) is 61.0 Å². The molecule has 18 nitrogen and oxygen atoms in total. The number of benzene rings is 8. The predicted octanol–water partition coefficient (Wildman–Crippen LogP) is 19.9. The molecule has 0 aromatic heterocycles. The summed E-state index contributed by atoms with van der Waals surface area (Å²) in [6.07, 6.45) is 0.327. The van der Waals surface area contributed by atoms with Crippen molar-refractivity contribution in [3.8, 4) is 46.0 Å². The van der Waals surface area contributed by atoms with Crippen molar-refractivity contribution in [3.05, 3.63) is 192 Å². The first-order valence-corrected chi connectivity index (χ1v) is 41.8. The minimum atomic E-state index is -5.02. The molecule has 0 aliphatic carbocycles. The third-order valence-corrected chi connectivity index (χ3v) is 25.6. The molecular weight excluding hydrogens is 2260 g/mol. The molecule has 0 saturated carbocycles. The van der Waals surface area contributed by atoms with Crippen LogP contribution in [0.3, 0.4) is 0 Å². The second kappa shape index (κ2) is 36.3. The topological polar surface area (TPSA) is 188 Å². The third kappa shape index (κ3) is 18.7. The zero-order valence-corrected chi connectivity index (χ0v) is 75.7. The maximum Gasteiger partial charge on any atom is 0.471 e. The van der Waals surface area contributed by atoms with E-state index in [9.17, 15) is 22.8 Å². The van der Waals surface area contributed by atoms with Crippen LogP contribution in [0.5, 0.6) is 46.0 Å². The molecule has 2 N–H and O–H groups in total. The molecule has 105 heavy (non-hydrogen) atoms. The molecule has 4 heterocycles. The van der Waals surface area contributed by atoms with E-state index in [1.165, 1.54) is 47.6 Å². The van der Waals surface area contributed by atoms with Crippen LogP contribution in [0.15, 0.2) is 118 Å². The Bertz CT molecular complexity index is 4480. The van der Waals surface area contributed by atoms with E-state index in [4.69, 9.17) is 48.1 Å². The Hall–Kier alpha value is -4.15. The van der Waals surface area contributed by atoms with E-state index in [-0.39, 0.29) is 43.4 Å². The van der Waals surface area contributed by atoms with Crippen molar-refractivity contribution in [1.29, 1.82) is 0 Å². The predicted molar refractivity (Wildman–Crippen MR) is 466 cm³/mol. The first-order chi connectivity index (χ1) is 50.3. The number of amides is 2. The van der Waals surface area contributed by atoms with Gasteiger partial charge in [-0.25, -0.2) is 0 Å². The second-order valence-electron chi connectivity index (χ2n) is 25.2. The second-order valence-corrected chi connectivity index (χ2v) is 34.5. The van der Waals surface area contributed by atoms with Gasteiger partial charge < -0.3 is 58.3 Å². The van der Waals surface area contributed by atoms with E-state index >= 15 is 0 Å². The molecular formula is C76H73F3I8N8O10. The van der Waals surface area contributed by atoms with Gasteiger partial charge in [-0.1, -0.05) is 0 Å². The summed E-state index contributed by atoms with van der Waals surface area (Å²) < 4.78 is 93.5. The number of methoxy groups -OCH3 is 8. The molecule has 8 aromatic carbocycles. The molecule has 29 heteroatoms. The number of azo groups is 2. The summed E-state index contributed by atoms with van der Waals surface area (Å²) in [4.78, 5) is 28.3. The number of hydrogen-bond donors (Lipinski definition) is 2. The number of alkyl halides is 3. The molecule has 4 atom stereocenters. The van der Waals surface area contributed by atoms with Crippen LogP contribution in [0.4, 0.5) is 35.9 Å². The molecule has 4 unspecified atom stereocenters. The summed E-state index contributed by atoms with van der Waals surface area (Å²) >= 11 is 18.4. The summed E-state index contributed by atoms with van der Waals surface area (Å²) in [5, 5.41) is 26.3. The number of fused-ring (bicyclic) bond motifs is 4. The molecule has 0 saturated heterocycles. The zero-order chi connectivity index (χ0) is 75.3. The average Bonchev–Trinajstić information content (AvgIpc) is 0.775. The Kier molecular flexibility index (Phi) is 28.3. The lowest BCUT2D eigenvalue weighted by molar-refractivity contribution is -0.188. The lowest BCUT2D eigenvalue weighted by Crippen LogP contribution is -2.47. The van der Waals surface area contributed by atoms with E-state index in [1.54, 1.807) is 61.7 Å². The van der Waals surface area contributed by atoms with Crippen molar-refractivity contribution < 1.29 is 60.7 Å². The number of rotatable bonds is 20. The van der Waals surface area contributed by atoms with Crippen LogP contribution in [-0.4, -0.2) is 111 Å². The first kappa shape index (κ1) is 81.8. The molecule has 8 aromatic rings. The van der Waals surface area contributed by atoms with Crippen molar-refractivity contribution >= 4 is 215 Å². The molecule has 0 radical (unpaired) electrons. The minimum Gasteiger partial charge on any atom is -0.493 e. The van der Waals surface area contributed by atoms with E-state index in [0.29, 0.717) is 59.3 Å². The van der Waals surface area contributed by atoms with Gasteiger partial charge in [0.05, 0.1) is 69.0 Å². The Morgan fingerprint density at radius 2 is 0.629 bits per heavy atom. The standard InChI is InChI=1S/C40H37F3I4N4O6.C36H36I4N4O4/c1-20(52)50-8-6-23-16-33(54-2)35(56-4)18-25(23)31(50)14-21-10-27(44)37(28(45)11-21)48-49-38-29(46)12-22(13-30(38)47)15-32-26-19-36(57-5)34(55-3)17-24(26)7-9-51(32)39(53)40(41,42)43;1-45-31-15-21-5-7-41-29(23(21)17-33(31)47-3)13-19-9-25(37)35(26(38)10-19)43-44-36-27(39)11-20(12-28(36)40)14-30-24-18-34(48-4)32(46-2)16-22(24)6-8-42-30/h10-13,16-19,31-32H,6-9,14-15H2,1-5H3;9-12,15-18,29-30,41-42H,5-8,13-14H2,1-4H3. The Labute approximate surface area is 717 Å². The maximum atomic E-state index is 13.8. The van der Waals surface area contributed by atoms with Crippen molar-refractivity contribution in [2.75, 3.05) is 83.1 Å². The summed E-state index contributed by atoms with van der Waals surface area (Å²) in [5.74, 6) is 3.33. The van der Waals surface area contributed by atoms with Crippen molar-refractivity contribution in [1.82, 2.24) is 20.4 Å². The van der Waals surface area contributed by atoms with Gasteiger partial charge in [-0.2, -0.15) is 13.2 Å². The number of halogens is 11. The van der Waals surface area contributed by atoms with Crippen LogP contribution in [0.1, 0.15) is 97.9 Å². The highest BCUT2D eigenvalue weighted by Crippen LogP contribution is 2.47. The van der Waals surface area contributed by atoms with Crippen LogP contribution in [0.2, 0.25) is 0 Å². The molecule has 0 fully saturated rings. The zero-order valence-electron chi connectivity index (χ0n) is 58.5. The molecule has 0 spiro atoms. The smallest absolute Gasteiger partial charge is 0.471 e. The van der Waals surface area contributed by atoms with Crippen molar-refractivity contribution in [2.45, 2.75) is 88.6 Å². The highest BCUT2D eigenvalue weighted by molar-refractivity contribution is 14.1. The highest BCUT2D eigenvalue weighted by atomic mass is 127. The van der Waals surface area contributed by atoms with E-state index in [2.05, 4.69) is 262 Å². The molecule has 2 amide bonds. The van der Waals surface area contributed by atoms with Crippen molar-refractivity contribution in [3.63, 3.8) is 0 Å². The Morgan fingerprint density at radius 3 is 0.905 bits per heavy atom. The fraction of sp³-hybridized carbons (Fsp3) is 0.342. The van der Waals surface area contributed by atoms with E-state index in [0.717, 1.165) is 134 Å². The Morgan fingerprint density at radius 1 is 0.381 bits per heavy atom. The van der Waals surface area contributed by atoms with Gasteiger partial charge in [0.25, 0.3) is 0 Å². The van der Waals surface area contributed by atoms with Gasteiger partial charge >= 0.3 is 12.1 Å². The van der Waals surface area contributed by atoms with E-state index < -0.39 is 18.1 Å². The summed E-state index contributed by atoms with van der Waals surface area (Å²) in [5.41, 5.74) is 16.1. The van der Waals surface area contributed by atoms with E-state index in [1.807, 2.05) is 29.2 Å². The first-order valence-electron chi connectivity index (χ1n) is 33.2. The number of nitrogens with zero attached hydrogens (tertiary/aromatic N) is 6. The van der Waals surface area contributed by atoms with Crippen LogP contribution in [0.25, 0.3) is 0 Å². The Balaban J connectivity index is 0.000000213. The number of hydrogen-bond acceptors (Lipinski definition) is 16. The van der Waals surface area contributed by atoms with Crippen molar-refractivity contribution in [2.24, 2.45) is 20.5 Å². The van der Waals surface area contributed by atoms with Gasteiger partial charge in [-0.15, -0.1) is 20.5 Å². The maximum absolute atomic E-state index is 13.8. The number of carbonyl (C=O) groups excluding carboxylic acids is 2. The quantitative estimate of drug-likeness (QED) is 0.0544. The molecule has 554 valence electrons. The van der Waals surface area contributed by atoms with Gasteiger partial charge in [0.2, 0.25) is 5.91 Å². The normalized spacial score (nSPS) is 16.9. The molecule has 0 bridgehead atoms. The van der Waals surface area contributed by atoms with Crippen LogP contribution >= 0.6 is 181 Å². The van der Waals surface area contributed by atoms with Gasteiger partial charge in [0.15, 0.2) is 46.0 Å². The molecule has 4 aliphatic heterocycles. The average molecular weight is 2330 g/mol.